The Morgan fingerprint density at radius 1 is 1.27 bits per heavy atom. The SMILES string of the molecule is O=C1C=C(c2ccc(O)c(F)c2)C(=O)N1. The molecule has 2 rings (SSSR count). The molecule has 1 heterocycles. The Balaban J connectivity index is 2.47. The van der Waals surface area contributed by atoms with Crippen LogP contribution in [0.1, 0.15) is 5.56 Å². The van der Waals surface area contributed by atoms with Crippen molar-refractivity contribution in [3.05, 3.63) is 35.7 Å². The van der Waals surface area contributed by atoms with Crippen molar-refractivity contribution in [1.29, 1.82) is 0 Å². The first-order chi connectivity index (χ1) is 7.08. The van der Waals surface area contributed by atoms with Gasteiger partial charge in [-0.1, -0.05) is 6.07 Å². The smallest absolute Gasteiger partial charge is 0.258 e. The minimum Gasteiger partial charge on any atom is -0.505 e. The monoisotopic (exact) mass is 207 g/mol. The Labute approximate surface area is 84.0 Å². The van der Waals surface area contributed by atoms with Crippen molar-refractivity contribution in [2.24, 2.45) is 0 Å². The topological polar surface area (TPSA) is 66.4 Å². The number of rotatable bonds is 1. The van der Waals surface area contributed by atoms with Crippen molar-refractivity contribution in [3.8, 4) is 5.75 Å². The van der Waals surface area contributed by atoms with E-state index in [4.69, 9.17) is 5.11 Å². The van der Waals surface area contributed by atoms with Crippen LogP contribution in [0.4, 0.5) is 4.39 Å². The van der Waals surface area contributed by atoms with Crippen molar-refractivity contribution in [3.63, 3.8) is 0 Å². The zero-order valence-electron chi connectivity index (χ0n) is 7.45. The van der Waals surface area contributed by atoms with Gasteiger partial charge in [-0.3, -0.25) is 14.9 Å². The summed E-state index contributed by atoms with van der Waals surface area (Å²) in [6, 6.07) is 3.49. The number of halogens is 1. The van der Waals surface area contributed by atoms with Gasteiger partial charge in [-0.15, -0.1) is 0 Å². The molecule has 0 spiro atoms. The maximum atomic E-state index is 13.0. The van der Waals surface area contributed by atoms with Gasteiger partial charge < -0.3 is 5.11 Å². The van der Waals surface area contributed by atoms with E-state index in [2.05, 4.69) is 0 Å². The summed E-state index contributed by atoms with van der Waals surface area (Å²) in [5.41, 5.74) is 0.354. The number of nitrogens with one attached hydrogen (secondary N) is 1. The molecule has 0 saturated carbocycles. The molecule has 5 heteroatoms. The quantitative estimate of drug-likeness (QED) is 0.661. The van der Waals surface area contributed by atoms with E-state index in [-0.39, 0.29) is 11.1 Å². The highest BCUT2D eigenvalue weighted by Gasteiger charge is 2.22. The summed E-state index contributed by atoms with van der Waals surface area (Å²) in [7, 11) is 0. The number of amides is 2. The second kappa shape index (κ2) is 3.20. The summed E-state index contributed by atoms with van der Waals surface area (Å²) in [5, 5.41) is 11.0. The lowest BCUT2D eigenvalue weighted by atomic mass is 10.1. The summed E-state index contributed by atoms with van der Waals surface area (Å²) in [6.07, 6.45) is 1.09. The Morgan fingerprint density at radius 3 is 2.53 bits per heavy atom. The molecule has 1 aliphatic rings. The first kappa shape index (κ1) is 9.39. The second-order valence-electron chi connectivity index (χ2n) is 3.04. The largest absolute Gasteiger partial charge is 0.505 e. The van der Waals surface area contributed by atoms with Gasteiger partial charge in [-0.05, 0) is 17.7 Å². The number of aromatic hydroxyl groups is 1. The van der Waals surface area contributed by atoms with Crippen LogP contribution in [0, 0.1) is 5.82 Å². The lowest BCUT2D eigenvalue weighted by Gasteiger charge is -2.01. The normalized spacial score (nSPS) is 15.1. The van der Waals surface area contributed by atoms with Crippen LogP contribution in [0.3, 0.4) is 0 Å². The third-order valence-corrected chi connectivity index (χ3v) is 2.02. The zero-order valence-corrected chi connectivity index (χ0v) is 7.45. The summed E-state index contributed by atoms with van der Waals surface area (Å²) < 4.78 is 13.0. The van der Waals surface area contributed by atoms with Crippen LogP contribution in [-0.2, 0) is 9.59 Å². The van der Waals surface area contributed by atoms with E-state index in [1.54, 1.807) is 0 Å². The molecule has 0 unspecified atom stereocenters. The Bertz CT molecular complexity index is 493. The van der Waals surface area contributed by atoms with Crippen molar-refractivity contribution >= 4 is 17.4 Å². The Morgan fingerprint density at radius 2 is 2.00 bits per heavy atom. The Kier molecular flexibility index (Phi) is 2.00. The number of phenols is 1. The van der Waals surface area contributed by atoms with Gasteiger partial charge >= 0.3 is 0 Å². The summed E-state index contributed by atoms with van der Waals surface area (Å²) in [4.78, 5) is 22.0. The maximum absolute atomic E-state index is 13.0. The van der Waals surface area contributed by atoms with Crippen molar-refractivity contribution < 1.29 is 19.1 Å². The molecule has 0 aromatic heterocycles. The number of carbonyl (C=O) groups is 2. The number of carbonyl (C=O) groups excluding carboxylic acids is 2. The predicted molar refractivity (Wildman–Crippen MR) is 49.2 cm³/mol. The molecule has 1 aromatic rings. The minimum absolute atomic E-state index is 0.0962. The van der Waals surface area contributed by atoms with Gasteiger partial charge in [0.05, 0.1) is 5.57 Å². The molecule has 0 atom stereocenters. The number of hydrogen-bond acceptors (Lipinski definition) is 3. The summed E-state index contributed by atoms with van der Waals surface area (Å²) in [5.74, 6) is -2.42. The van der Waals surface area contributed by atoms with Gasteiger partial charge in [0.15, 0.2) is 11.6 Å². The average molecular weight is 207 g/mol. The number of hydrogen-bond donors (Lipinski definition) is 2. The van der Waals surface area contributed by atoms with Gasteiger partial charge in [0, 0.05) is 6.08 Å². The van der Waals surface area contributed by atoms with Crippen molar-refractivity contribution in [1.82, 2.24) is 5.32 Å². The molecule has 2 N–H and O–H groups in total. The molecule has 0 bridgehead atoms. The van der Waals surface area contributed by atoms with Crippen LogP contribution in [0.25, 0.3) is 5.57 Å². The van der Waals surface area contributed by atoms with Gasteiger partial charge in [0.2, 0.25) is 0 Å². The molecular weight excluding hydrogens is 201 g/mol. The van der Waals surface area contributed by atoms with Crippen LogP contribution in [0.5, 0.6) is 5.75 Å². The van der Waals surface area contributed by atoms with Crippen LogP contribution >= 0.6 is 0 Å². The lowest BCUT2D eigenvalue weighted by molar-refractivity contribution is -0.123. The molecule has 2 amide bonds. The molecule has 76 valence electrons. The lowest BCUT2D eigenvalue weighted by Crippen LogP contribution is -2.21. The fraction of sp³-hybridized carbons (Fsp3) is 0. The highest BCUT2D eigenvalue weighted by atomic mass is 19.1. The van der Waals surface area contributed by atoms with E-state index in [9.17, 15) is 14.0 Å². The Hall–Kier alpha value is -2.17. The predicted octanol–water partition coefficient (Wildman–Crippen LogP) is 0.571. The average Bonchev–Trinajstić information content (AvgIpc) is 2.50. The third kappa shape index (κ3) is 1.59. The van der Waals surface area contributed by atoms with E-state index < -0.39 is 23.4 Å². The van der Waals surface area contributed by atoms with Crippen LogP contribution in [0.15, 0.2) is 24.3 Å². The summed E-state index contributed by atoms with van der Waals surface area (Å²) in [6.45, 7) is 0. The number of phenolic OH excluding ortho intramolecular Hbond substituents is 1. The van der Waals surface area contributed by atoms with Crippen molar-refractivity contribution in [2.45, 2.75) is 0 Å². The van der Waals surface area contributed by atoms with E-state index >= 15 is 0 Å². The molecule has 0 saturated heterocycles. The van der Waals surface area contributed by atoms with E-state index in [1.165, 1.54) is 6.07 Å². The molecule has 15 heavy (non-hydrogen) atoms. The first-order valence-corrected chi connectivity index (χ1v) is 4.14. The van der Waals surface area contributed by atoms with Crippen LogP contribution < -0.4 is 5.32 Å². The highest BCUT2D eigenvalue weighted by Crippen LogP contribution is 2.23. The molecule has 0 fully saturated rings. The van der Waals surface area contributed by atoms with Gasteiger partial charge in [-0.2, -0.15) is 0 Å². The first-order valence-electron chi connectivity index (χ1n) is 4.14. The second-order valence-corrected chi connectivity index (χ2v) is 3.04. The van der Waals surface area contributed by atoms with E-state index in [1.807, 2.05) is 5.32 Å². The molecule has 1 aromatic carbocycles. The van der Waals surface area contributed by atoms with Gasteiger partial charge in [0.1, 0.15) is 0 Å². The molecule has 4 nitrogen and oxygen atoms in total. The third-order valence-electron chi connectivity index (χ3n) is 2.02. The minimum atomic E-state index is -0.833. The van der Waals surface area contributed by atoms with Crippen LogP contribution in [-0.4, -0.2) is 16.9 Å². The van der Waals surface area contributed by atoms with Crippen LogP contribution in [0.2, 0.25) is 0 Å². The molecule has 1 aliphatic heterocycles. The molecule has 0 radical (unpaired) electrons. The fourth-order valence-corrected chi connectivity index (χ4v) is 1.30. The summed E-state index contributed by atoms with van der Waals surface area (Å²) >= 11 is 0. The number of benzene rings is 1. The van der Waals surface area contributed by atoms with Gasteiger partial charge in [-0.25, -0.2) is 4.39 Å². The fourth-order valence-electron chi connectivity index (χ4n) is 1.30. The zero-order chi connectivity index (χ0) is 11.0. The number of imide groups is 1. The van der Waals surface area contributed by atoms with Crippen molar-refractivity contribution in [2.75, 3.05) is 0 Å². The molecular formula is C10H6FNO3. The standard InChI is InChI=1S/C10H6FNO3/c11-7-3-5(1-2-8(7)13)6-4-9(14)12-10(6)15/h1-4,13H,(H,12,14,15). The van der Waals surface area contributed by atoms with E-state index in [0.29, 0.717) is 0 Å². The van der Waals surface area contributed by atoms with E-state index in [0.717, 1.165) is 18.2 Å². The van der Waals surface area contributed by atoms with Gasteiger partial charge in [0.25, 0.3) is 11.8 Å². The highest BCUT2D eigenvalue weighted by molar-refractivity contribution is 6.33. The maximum Gasteiger partial charge on any atom is 0.258 e. The molecule has 0 aliphatic carbocycles.